The number of rotatable bonds is 12. The molecule has 1 amide bonds. The van der Waals surface area contributed by atoms with Gasteiger partial charge in [-0.1, -0.05) is 25.8 Å². The molecule has 214 valence electrons. The third-order valence-electron chi connectivity index (χ3n) is 9.48. The Hall–Kier alpha value is -1.79. The van der Waals surface area contributed by atoms with E-state index in [2.05, 4.69) is 35.8 Å². The number of nitrogens with one attached hydrogen (secondary N) is 2. The standard InChI is InChI=1S/C32H53N3O3/c1-31(2,3)38-30(36)35-20-9-21-37-24-11-13-25-23(22-24)10-12-27-26(25)16-17-32(4)28(27)14-15-29(32)34-19-8-6-5-7-18-33/h11,13,22,26-29,34H,5-10,12,14-21,33H2,1-4H3,(H,35,36)/t26?,27?,28?,29-,32-/m0/s1. The van der Waals surface area contributed by atoms with Gasteiger partial charge < -0.3 is 25.8 Å². The summed E-state index contributed by atoms with van der Waals surface area (Å²) in [5.74, 6) is 3.33. The second kappa shape index (κ2) is 13.0. The van der Waals surface area contributed by atoms with Gasteiger partial charge in [-0.25, -0.2) is 4.79 Å². The van der Waals surface area contributed by atoms with Gasteiger partial charge in [0.05, 0.1) is 6.61 Å². The van der Waals surface area contributed by atoms with Crippen molar-refractivity contribution < 1.29 is 14.3 Å². The molecule has 6 nitrogen and oxygen atoms in total. The van der Waals surface area contributed by atoms with Gasteiger partial charge in [0.2, 0.25) is 0 Å². The van der Waals surface area contributed by atoms with Gasteiger partial charge in [-0.05, 0) is 138 Å². The van der Waals surface area contributed by atoms with Crippen LogP contribution in [0.2, 0.25) is 0 Å². The Labute approximate surface area is 231 Å². The third kappa shape index (κ3) is 7.24. The summed E-state index contributed by atoms with van der Waals surface area (Å²) < 4.78 is 11.3. The van der Waals surface area contributed by atoms with Gasteiger partial charge in [-0.15, -0.1) is 0 Å². The largest absolute Gasteiger partial charge is 0.494 e. The number of benzene rings is 1. The fraction of sp³-hybridized carbons (Fsp3) is 0.781. The monoisotopic (exact) mass is 527 g/mol. The van der Waals surface area contributed by atoms with Gasteiger partial charge in [0, 0.05) is 12.6 Å². The SMILES string of the molecule is CC(C)(C)OC(=O)NCCCOc1ccc2c(c1)CCC1C2CC[C@@]2(C)C1CC[C@@H]2NCCCCCCN. The quantitative estimate of drug-likeness (QED) is 0.277. The zero-order valence-corrected chi connectivity index (χ0v) is 24.5. The Balaban J connectivity index is 1.25. The molecule has 3 aliphatic rings. The van der Waals surface area contributed by atoms with E-state index in [0.717, 1.165) is 43.5 Å². The number of hydrogen-bond acceptors (Lipinski definition) is 5. The maximum Gasteiger partial charge on any atom is 0.407 e. The maximum absolute atomic E-state index is 11.8. The maximum atomic E-state index is 11.8. The van der Waals surface area contributed by atoms with Crippen molar-refractivity contribution in [2.24, 2.45) is 23.0 Å². The molecular weight excluding hydrogens is 474 g/mol. The van der Waals surface area contributed by atoms with Crippen LogP contribution in [0.4, 0.5) is 4.79 Å². The molecule has 2 saturated carbocycles. The second-order valence-electron chi connectivity index (χ2n) is 13.2. The van der Waals surface area contributed by atoms with Crippen molar-refractivity contribution in [1.82, 2.24) is 10.6 Å². The average molecular weight is 528 g/mol. The minimum atomic E-state index is -0.472. The van der Waals surface area contributed by atoms with Crippen molar-refractivity contribution in [1.29, 1.82) is 0 Å². The Morgan fingerprint density at radius 2 is 1.87 bits per heavy atom. The molecule has 0 radical (unpaired) electrons. The summed E-state index contributed by atoms with van der Waals surface area (Å²) >= 11 is 0. The van der Waals surface area contributed by atoms with Gasteiger partial charge in [0.15, 0.2) is 0 Å². The number of alkyl carbamates (subject to hydrolysis) is 1. The van der Waals surface area contributed by atoms with Crippen LogP contribution in [0.15, 0.2) is 18.2 Å². The number of carbonyl (C=O) groups excluding carboxylic acids is 1. The molecule has 0 bridgehead atoms. The summed E-state index contributed by atoms with van der Waals surface area (Å²) in [6, 6.07) is 7.49. The third-order valence-corrected chi connectivity index (χ3v) is 9.48. The number of nitrogens with two attached hydrogens (primary N) is 1. The highest BCUT2D eigenvalue weighted by Gasteiger charge is 2.54. The van der Waals surface area contributed by atoms with Gasteiger partial charge in [0.1, 0.15) is 11.4 Å². The first-order valence-electron chi connectivity index (χ1n) is 15.4. The number of ether oxygens (including phenoxy) is 2. The molecule has 4 rings (SSSR count). The molecular formula is C32H53N3O3. The lowest BCUT2D eigenvalue weighted by molar-refractivity contribution is 0.0412. The molecule has 1 aromatic carbocycles. The summed E-state index contributed by atoms with van der Waals surface area (Å²) in [5.41, 5.74) is 8.69. The van der Waals surface area contributed by atoms with Crippen molar-refractivity contribution in [3.63, 3.8) is 0 Å². The van der Waals surface area contributed by atoms with Crippen molar-refractivity contribution in [3.05, 3.63) is 29.3 Å². The smallest absolute Gasteiger partial charge is 0.407 e. The second-order valence-corrected chi connectivity index (χ2v) is 13.2. The van der Waals surface area contributed by atoms with Gasteiger partial charge in [-0.3, -0.25) is 0 Å². The molecule has 0 heterocycles. The van der Waals surface area contributed by atoms with Crippen LogP contribution < -0.4 is 21.1 Å². The van der Waals surface area contributed by atoms with Crippen LogP contribution in [0.1, 0.15) is 109 Å². The van der Waals surface area contributed by atoms with E-state index in [4.69, 9.17) is 15.2 Å². The minimum absolute atomic E-state index is 0.368. The molecule has 2 fully saturated rings. The van der Waals surface area contributed by atoms with E-state index in [1.165, 1.54) is 63.4 Å². The van der Waals surface area contributed by atoms with E-state index in [9.17, 15) is 4.79 Å². The molecule has 1 aromatic rings. The summed E-state index contributed by atoms with van der Waals surface area (Å²) in [6.45, 7) is 11.3. The molecule has 3 unspecified atom stereocenters. The lowest BCUT2D eigenvalue weighted by Gasteiger charge is -2.51. The van der Waals surface area contributed by atoms with E-state index in [1.807, 2.05) is 20.8 Å². The van der Waals surface area contributed by atoms with E-state index < -0.39 is 5.60 Å². The van der Waals surface area contributed by atoms with Crippen LogP contribution >= 0.6 is 0 Å². The zero-order chi connectivity index (χ0) is 27.2. The molecule has 3 aliphatic carbocycles. The zero-order valence-electron chi connectivity index (χ0n) is 24.5. The van der Waals surface area contributed by atoms with Crippen molar-refractivity contribution in [2.45, 2.75) is 116 Å². The number of unbranched alkanes of at least 4 members (excludes halogenated alkanes) is 3. The van der Waals surface area contributed by atoms with Crippen LogP contribution in [0.25, 0.3) is 0 Å². The van der Waals surface area contributed by atoms with E-state index >= 15 is 0 Å². The van der Waals surface area contributed by atoms with Gasteiger partial charge >= 0.3 is 6.09 Å². The summed E-state index contributed by atoms with van der Waals surface area (Å²) in [6.07, 6.45) is 13.3. The Bertz CT molecular complexity index is 914. The number of aryl methyl sites for hydroxylation is 1. The van der Waals surface area contributed by atoms with Crippen molar-refractivity contribution in [3.8, 4) is 5.75 Å². The van der Waals surface area contributed by atoms with Crippen LogP contribution in [0.3, 0.4) is 0 Å². The van der Waals surface area contributed by atoms with Crippen molar-refractivity contribution in [2.75, 3.05) is 26.2 Å². The van der Waals surface area contributed by atoms with Crippen LogP contribution in [-0.2, 0) is 11.2 Å². The minimum Gasteiger partial charge on any atom is -0.494 e. The predicted octanol–water partition coefficient (Wildman–Crippen LogP) is 6.31. The fourth-order valence-corrected chi connectivity index (χ4v) is 7.65. The van der Waals surface area contributed by atoms with Crippen LogP contribution in [-0.4, -0.2) is 44.0 Å². The Morgan fingerprint density at radius 3 is 2.66 bits per heavy atom. The highest BCUT2D eigenvalue weighted by Crippen LogP contribution is 2.61. The van der Waals surface area contributed by atoms with Crippen LogP contribution in [0.5, 0.6) is 5.75 Å². The molecule has 6 heteroatoms. The first-order valence-corrected chi connectivity index (χ1v) is 15.4. The highest BCUT2D eigenvalue weighted by atomic mass is 16.6. The molecule has 5 atom stereocenters. The van der Waals surface area contributed by atoms with Crippen molar-refractivity contribution >= 4 is 6.09 Å². The number of amides is 1. The first kappa shape index (κ1) is 29.2. The number of hydrogen-bond donors (Lipinski definition) is 3. The topological polar surface area (TPSA) is 85.6 Å². The number of fused-ring (bicyclic) bond motifs is 5. The molecule has 38 heavy (non-hydrogen) atoms. The van der Waals surface area contributed by atoms with Gasteiger partial charge in [-0.2, -0.15) is 0 Å². The van der Waals surface area contributed by atoms with E-state index in [1.54, 1.807) is 5.56 Å². The summed E-state index contributed by atoms with van der Waals surface area (Å²) in [5, 5.41) is 6.79. The highest BCUT2D eigenvalue weighted by molar-refractivity contribution is 5.67. The lowest BCUT2D eigenvalue weighted by Crippen LogP contribution is -2.48. The normalized spacial score (nSPS) is 28.2. The fourth-order valence-electron chi connectivity index (χ4n) is 7.65. The predicted molar refractivity (Wildman–Crippen MR) is 155 cm³/mol. The molecule has 0 saturated heterocycles. The number of carbonyl (C=O) groups is 1. The molecule has 0 aliphatic heterocycles. The Morgan fingerprint density at radius 1 is 1.05 bits per heavy atom. The average Bonchev–Trinajstić information content (AvgIpc) is 3.20. The first-order chi connectivity index (χ1) is 18.2. The molecule has 4 N–H and O–H groups in total. The van der Waals surface area contributed by atoms with Gasteiger partial charge in [0.25, 0.3) is 0 Å². The van der Waals surface area contributed by atoms with E-state index in [-0.39, 0.29) is 6.09 Å². The van der Waals surface area contributed by atoms with Crippen LogP contribution in [0, 0.1) is 17.3 Å². The Kier molecular flexibility index (Phi) is 10.0. The summed E-state index contributed by atoms with van der Waals surface area (Å²) in [7, 11) is 0. The summed E-state index contributed by atoms with van der Waals surface area (Å²) in [4.78, 5) is 11.8. The molecule has 0 aromatic heterocycles. The van der Waals surface area contributed by atoms with E-state index in [0.29, 0.717) is 30.5 Å². The molecule has 0 spiro atoms. The lowest BCUT2D eigenvalue weighted by atomic mass is 9.55.